The molecular weight excluding hydrogens is 290 g/mol. The highest BCUT2D eigenvalue weighted by molar-refractivity contribution is 6.18. The van der Waals surface area contributed by atoms with Gasteiger partial charge in [0.25, 0.3) is 0 Å². The fourth-order valence-electron chi connectivity index (χ4n) is 2.14. The van der Waals surface area contributed by atoms with E-state index in [-0.39, 0.29) is 17.2 Å². The first-order valence-corrected chi connectivity index (χ1v) is 6.17. The molecule has 9 nitrogen and oxygen atoms in total. The smallest absolute Gasteiger partial charge is 0.167 e. The molecule has 0 bridgehead atoms. The van der Waals surface area contributed by atoms with Gasteiger partial charge in [0.1, 0.15) is 30.2 Å². The fraction of sp³-hybridized carbons (Fsp3) is 0.500. The topological polar surface area (TPSA) is 151 Å². The zero-order chi connectivity index (χ0) is 13.6. The van der Waals surface area contributed by atoms with Crippen LogP contribution in [0.25, 0.3) is 11.2 Å². The number of nitrogen functional groups attached to an aromatic ring is 1. The summed E-state index contributed by atoms with van der Waals surface area (Å²) in [5.41, 5.74) is 6.53. The Kier molecular flexibility index (Phi) is 4.06. The minimum atomic E-state index is -1.11. The molecule has 0 spiro atoms. The molecule has 1 aliphatic rings. The number of aliphatic hydroxyl groups is 2. The predicted octanol–water partition coefficient (Wildman–Crippen LogP) is -1.56. The Labute approximate surface area is 118 Å². The molecule has 0 radical (unpaired) electrons. The monoisotopic (exact) mass is 303 g/mol. The van der Waals surface area contributed by atoms with Crippen LogP contribution in [0.4, 0.5) is 5.82 Å². The summed E-state index contributed by atoms with van der Waals surface area (Å²) in [6.07, 6.45) is -0.882. The van der Waals surface area contributed by atoms with Crippen molar-refractivity contribution in [2.45, 2.75) is 24.5 Å². The number of halogens is 1. The van der Waals surface area contributed by atoms with E-state index in [1.54, 1.807) is 0 Å². The van der Waals surface area contributed by atoms with Gasteiger partial charge < -0.3 is 26.2 Å². The number of aromatic nitrogens is 4. The van der Waals surface area contributed by atoms with E-state index in [4.69, 9.17) is 22.1 Å². The van der Waals surface area contributed by atoms with E-state index in [2.05, 4.69) is 15.0 Å². The molecule has 110 valence electrons. The molecule has 3 heterocycles. The van der Waals surface area contributed by atoms with Gasteiger partial charge in [0.15, 0.2) is 17.7 Å². The number of hydrogen-bond donors (Lipinski definition) is 3. The van der Waals surface area contributed by atoms with Crippen LogP contribution in [-0.4, -0.2) is 59.4 Å². The van der Waals surface area contributed by atoms with Gasteiger partial charge in [-0.15, -0.1) is 11.6 Å². The number of aliphatic hydroxyl groups excluding tert-OH is 2. The maximum absolute atomic E-state index is 10.0. The van der Waals surface area contributed by atoms with Gasteiger partial charge in [0.05, 0.1) is 12.2 Å². The van der Waals surface area contributed by atoms with Crippen LogP contribution >= 0.6 is 11.6 Å². The largest absolute Gasteiger partial charge is 0.412 e. The molecule has 0 aliphatic carbocycles. The third-order valence-corrected chi connectivity index (χ3v) is 3.45. The Morgan fingerprint density at radius 2 is 2.05 bits per heavy atom. The highest BCUT2D eigenvalue weighted by Gasteiger charge is 2.43. The average molecular weight is 304 g/mol. The number of imidazole rings is 1. The minimum absolute atomic E-state index is 0. The molecule has 20 heavy (non-hydrogen) atoms. The highest BCUT2D eigenvalue weighted by atomic mass is 35.5. The summed E-state index contributed by atoms with van der Waals surface area (Å²) in [6, 6.07) is 0. The number of anilines is 1. The molecule has 2 aromatic rings. The molecule has 0 saturated carbocycles. The quantitative estimate of drug-likeness (QED) is 0.567. The molecule has 0 aromatic carbocycles. The Morgan fingerprint density at radius 3 is 2.70 bits per heavy atom. The summed E-state index contributed by atoms with van der Waals surface area (Å²) in [4.78, 5) is 12.0. The second kappa shape index (κ2) is 5.46. The number of hydrogen-bond acceptors (Lipinski definition) is 7. The Balaban J connectivity index is 0.00000147. The van der Waals surface area contributed by atoms with Crippen molar-refractivity contribution < 1.29 is 20.4 Å². The third-order valence-electron chi connectivity index (χ3n) is 3.15. The van der Waals surface area contributed by atoms with Gasteiger partial charge in [-0.3, -0.25) is 4.57 Å². The van der Waals surface area contributed by atoms with Gasteiger partial charge in [-0.1, -0.05) is 0 Å². The number of rotatable bonds is 2. The summed E-state index contributed by atoms with van der Waals surface area (Å²) in [6.45, 7) is 0. The number of fused-ring (bicyclic) bond motifs is 1. The maximum Gasteiger partial charge on any atom is 0.167 e. The predicted molar refractivity (Wildman–Crippen MR) is 70.0 cm³/mol. The van der Waals surface area contributed by atoms with Crippen LogP contribution in [0, 0.1) is 0 Å². The van der Waals surface area contributed by atoms with Gasteiger partial charge >= 0.3 is 0 Å². The fourth-order valence-corrected chi connectivity index (χ4v) is 2.40. The lowest BCUT2D eigenvalue weighted by Gasteiger charge is -2.16. The Morgan fingerprint density at radius 1 is 1.30 bits per heavy atom. The number of nitrogens with two attached hydrogens (primary N) is 1. The molecule has 4 atom stereocenters. The first-order chi connectivity index (χ1) is 9.13. The molecule has 2 aromatic heterocycles. The van der Waals surface area contributed by atoms with Crippen molar-refractivity contribution in [2.24, 2.45) is 0 Å². The molecule has 0 amide bonds. The van der Waals surface area contributed by atoms with Gasteiger partial charge in [0, 0.05) is 0 Å². The van der Waals surface area contributed by atoms with Crippen molar-refractivity contribution in [1.82, 2.24) is 19.5 Å². The van der Waals surface area contributed by atoms with Crippen LogP contribution in [0.1, 0.15) is 6.23 Å². The van der Waals surface area contributed by atoms with E-state index in [1.807, 2.05) is 0 Å². The number of alkyl halides is 1. The molecule has 1 aliphatic heterocycles. The standard InChI is InChI=1S/C10H12ClN5O3.H2O/c11-1-4-6(17)7(18)10(19-4)16-3-15-5-8(12)13-2-14-9(5)16;/h2-4,6-7,10,17-18H,1H2,(H2,12,13,14);1H2. The normalized spacial score (nSPS) is 29.6. The first kappa shape index (κ1) is 14.9. The molecule has 3 rings (SSSR count). The third kappa shape index (κ3) is 2.09. The zero-order valence-electron chi connectivity index (χ0n) is 10.2. The van der Waals surface area contributed by atoms with Gasteiger partial charge in [-0.25, -0.2) is 15.0 Å². The van der Waals surface area contributed by atoms with Crippen molar-refractivity contribution in [1.29, 1.82) is 0 Å². The van der Waals surface area contributed by atoms with Crippen molar-refractivity contribution >= 4 is 28.6 Å². The van der Waals surface area contributed by atoms with Crippen LogP contribution in [0.5, 0.6) is 0 Å². The average Bonchev–Trinajstić information content (AvgIpc) is 2.94. The van der Waals surface area contributed by atoms with E-state index in [1.165, 1.54) is 17.2 Å². The van der Waals surface area contributed by atoms with Crippen molar-refractivity contribution in [3.05, 3.63) is 12.7 Å². The summed E-state index contributed by atoms with van der Waals surface area (Å²) < 4.78 is 7.03. The molecular formula is C10H14ClN5O4. The molecule has 1 fully saturated rings. The van der Waals surface area contributed by atoms with Crippen LogP contribution in [0.3, 0.4) is 0 Å². The SMILES string of the molecule is Nc1ncnc2c1ncn2C1OC(CCl)C(O)C1O.O. The minimum Gasteiger partial charge on any atom is -0.412 e. The van der Waals surface area contributed by atoms with Crippen molar-refractivity contribution in [3.8, 4) is 0 Å². The Hall–Kier alpha value is -1.52. The van der Waals surface area contributed by atoms with Crippen LogP contribution in [0.15, 0.2) is 12.7 Å². The lowest BCUT2D eigenvalue weighted by Crippen LogP contribution is -2.32. The molecule has 4 unspecified atom stereocenters. The van der Waals surface area contributed by atoms with E-state index in [9.17, 15) is 10.2 Å². The summed E-state index contributed by atoms with van der Waals surface area (Å²) in [7, 11) is 0. The number of nitrogens with zero attached hydrogens (tertiary/aromatic N) is 4. The zero-order valence-corrected chi connectivity index (χ0v) is 11.0. The van der Waals surface area contributed by atoms with E-state index in [0.717, 1.165) is 0 Å². The van der Waals surface area contributed by atoms with Crippen LogP contribution < -0.4 is 5.73 Å². The Bertz CT molecular complexity index is 608. The second-order valence-corrected chi connectivity index (χ2v) is 4.59. The molecule has 1 saturated heterocycles. The lowest BCUT2D eigenvalue weighted by molar-refractivity contribution is -0.0291. The number of ether oxygens (including phenoxy) is 1. The van der Waals surface area contributed by atoms with E-state index < -0.39 is 24.5 Å². The van der Waals surface area contributed by atoms with Gasteiger partial charge in [-0.2, -0.15) is 0 Å². The van der Waals surface area contributed by atoms with Crippen molar-refractivity contribution in [3.63, 3.8) is 0 Å². The van der Waals surface area contributed by atoms with Gasteiger partial charge in [-0.05, 0) is 0 Å². The van der Waals surface area contributed by atoms with Gasteiger partial charge in [0.2, 0.25) is 0 Å². The summed E-state index contributed by atoms with van der Waals surface area (Å²) in [5, 5.41) is 19.8. The van der Waals surface area contributed by atoms with E-state index in [0.29, 0.717) is 11.2 Å². The maximum atomic E-state index is 10.0. The van der Waals surface area contributed by atoms with Crippen LogP contribution in [-0.2, 0) is 4.74 Å². The lowest BCUT2D eigenvalue weighted by atomic mass is 10.1. The van der Waals surface area contributed by atoms with Crippen LogP contribution in [0.2, 0.25) is 0 Å². The highest BCUT2D eigenvalue weighted by Crippen LogP contribution is 2.32. The second-order valence-electron chi connectivity index (χ2n) is 4.28. The molecule has 6 N–H and O–H groups in total. The first-order valence-electron chi connectivity index (χ1n) is 5.64. The van der Waals surface area contributed by atoms with Crippen molar-refractivity contribution in [2.75, 3.05) is 11.6 Å². The summed E-state index contributed by atoms with van der Waals surface area (Å²) in [5.74, 6) is 0.323. The summed E-state index contributed by atoms with van der Waals surface area (Å²) >= 11 is 5.67. The molecule has 10 heteroatoms. The van der Waals surface area contributed by atoms with E-state index >= 15 is 0 Å².